The summed E-state index contributed by atoms with van der Waals surface area (Å²) in [6, 6.07) is 8.35. The Bertz CT molecular complexity index is 835. The van der Waals surface area contributed by atoms with Crippen LogP contribution in [-0.2, 0) is 23.8 Å². The average molecular weight is 498 g/mol. The summed E-state index contributed by atoms with van der Waals surface area (Å²) in [5, 5.41) is 0. The zero-order valence-corrected chi connectivity index (χ0v) is 23.2. The van der Waals surface area contributed by atoms with Gasteiger partial charge in [0.05, 0.1) is 30.3 Å². The Morgan fingerprint density at radius 1 is 1.06 bits per heavy atom. The second-order valence-corrected chi connectivity index (χ2v) is 17.6. The number of nitrogens with zero attached hydrogens (tertiary/aromatic N) is 1. The van der Waals surface area contributed by atoms with E-state index in [-0.39, 0.29) is 30.3 Å². The van der Waals surface area contributed by atoms with E-state index < -0.39 is 18.2 Å². The maximum absolute atomic E-state index is 13.4. The van der Waals surface area contributed by atoms with Gasteiger partial charge < -0.3 is 9.16 Å². The van der Waals surface area contributed by atoms with Crippen molar-refractivity contribution in [3.63, 3.8) is 0 Å². The molecule has 0 aromatic heterocycles. The van der Waals surface area contributed by atoms with Crippen molar-refractivity contribution in [3.05, 3.63) is 30.3 Å². The molecule has 1 aromatic rings. The first-order chi connectivity index (χ1) is 15.5. The Labute approximate surface area is 202 Å². The standard InChI is InChI=1S/C25H43NO5SSi/c1-19(2)33(20(3)4,21(5)6)31-24-14-11-16-26(17-15-25(27)30-7)23(24)18-32(28,29)22-12-9-8-10-13-22/h8-10,12-13,19-21,23-24H,11,14-18H2,1-7H3/t23-,24+/m0/s1. The molecule has 0 bridgehead atoms. The highest BCUT2D eigenvalue weighted by Crippen LogP contribution is 2.44. The summed E-state index contributed by atoms with van der Waals surface area (Å²) < 4.78 is 38.8. The number of likely N-dealkylation sites (tertiary alicyclic amines) is 1. The molecule has 0 N–H and O–H groups in total. The van der Waals surface area contributed by atoms with Crippen LogP contribution in [0.25, 0.3) is 0 Å². The molecule has 1 aliphatic rings. The summed E-state index contributed by atoms with van der Waals surface area (Å²) in [5.74, 6) is -0.292. The van der Waals surface area contributed by atoms with Crippen molar-refractivity contribution < 1.29 is 22.4 Å². The van der Waals surface area contributed by atoms with Crippen molar-refractivity contribution >= 4 is 24.1 Å². The van der Waals surface area contributed by atoms with E-state index in [1.165, 1.54) is 7.11 Å². The molecule has 1 saturated heterocycles. The van der Waals surface area contributed by atoms with Crippen LogP contribution < -0.4 is 0 Å². The normalized spacial score (nSPS) is 20.5. The Hall–Kier alpha value is -1.22. The molecule has 1 heterocycles. The monoisotopic (exact) mass is 497 g/mol. The predicted octanol–water partition coefficient (Wildman–Crippen LogP) is 5.05. The Balaban J connectivity index is 2.42. The van der Waals surface area contributed by atoms with Crippen LogP contribution in [0.3, 0.4) is 0 Å². The van der Waals surface area contributed by atoms with Crippen molar-refractivity contribution in [1.29, 1.82) is 0 Å². The van der Waals surface area contributed by atoms with Gasteiger partial charge in [-0.15, -0.1) is 0 Å². The van der Waals surface area contributed by atoms with Gasteiger partial charge in [0.15, 0.2) is 9.84 Å². The Morgan fingerprint density at radius 3 is 2.15 bits per heavy atom. The first-order valence-corrected chi connectivity index (χ1v) is 16.0. The molecule has 33 heavy (non-hydrogen) atoms. The third kappa shape index (κ3) is 6.68. The minimum absolute atomic E-state index is 0.0123. The van der Waals surface area contributed by atoms with Crippen molar-refractivity contribution in [2.45, 2.75) is 94.5 Å². The quantitative estimate of drug-likeness (QED) is 0.315. The molecule has 2 atom stereocenters. The molecule has 8 heteroatoms. The van der Waals surface area contributed by atoms with Gasteiger partial charge >= 0.3 is 5.97 Å². The van der Waals surface area contributed by atoms with Gasteiger partial charge in [0, 0.05) is 12.6 Å². The highest BCUT2D eigenvalue weighted by Gasteiger charge is 2.49. The summed E-state index contributed by atoms with van der Waals surface area (Å²) in [6.07, 6.45) is 1.83. The average Bonchev–Trinajstić information content (AvgIpc) is 2.76. The minimum atomic E-state index is -3.51. The second-order valence-electron chi connectivity index (χ2n) is 10.1. The number of piperidine rings is 1. The fourth-order valence-corrected chi connectivity index (χ4v) is 12.9. The molecule has 188 valence electrons. The van der Waals surface area contributed by atoms with Crippen LogP contribution in [0, 0.1) is 0 Å². The van der Waals surface area contributed by atoms with E-state index in [0.29, 0.717) is 28.1 Å². The van der Waals surface area contributed by atoms with Crippen LogP contribution in [0.15, 0.2) is 35.2 Å². The number of carbonyl (C=O) groups excluding carboxylic acids is 1. The van der Waals surface area contributed by atoms with E-state index in [1.54, 1.807) is 24.3 Å². The topological polar surface area (TPSA) is 72.9 Å². The van der Waals surface area contributed by atoms with Crippen LogP contribution in [0.4, 0.5) is 0 Å². The van der Waals surface area contributed by atoms with Crippen LogP contribution in [0.5, 0.6) is 0 Å². The number of sulfone groups is 1. The van der Waals surface area contributed by atoms with Crippen molar-refractivity contribution in [1.82, 2.24) is 4.90 Å². The summed E-state index contributed by atoms with van der Waals surface area (Å²) in [4.78, 5) is 14.3. The molecule has 0 amide bonds. The first-order valence-electron chi connectivity index (χ1n) is 12.2. The molecule has 2 rings (SSSR count). The highest BCUT2D eigenvalue weighted by atomic mass is 32.2. The number of hydrogen-bond acceptors (Lipinski definition) is 6. The number of ether oxygens (including phenoxy) is 1. The molecule has 0 aliphatic carbocycles. The van der Waals surface area contributed by atoms with Crippen LogP contribution in [-0.4, -0.2) is 65.7 Å². The largest absolute Gasteiger partial charge is 0.469 e. The fraction of sp³-hybridized carbons (Fsp3) is 0.720. The highest BCUT2D eigenvalue weighted by molar-refractivity contribution is 7.91. The van der Waals surface area contributed by atoms with Gasteiger partial charge in [0.2, 0.25) is 8.32 Å². The Kier molecular flexibility index (Phi) is 10.1. The zero-order valence-electron chi connectivity index (χ0n) is 21.4. The van der Waals surface area contributed by atoms with Gasteiger partial charge in [-0.1, -0.05) is 59.7 Å². The van der Waals surface area contributed by atoms with Crippen molar-refractivity contribution in [2.24, 2.45) is 0 Å². The lowest BCUT2D eigenvalue weighted by molar-refractivity contribution is -0.141. The van der Waals surface area contributed by atoms with Crippen molar-refractivity contribution in [3.8, 4) is 0 Å². The molecule has 1 fully saturated rings. The SMILES string of the molecule is COC(=O)CCN1CCC[C@@H](O[Si](C(C)C)(C(C)C)C(C)C)[C@@H]1CS(=O)(=O)c1ccccc1. The summed E-state index contributed by atoms with van der Waals surface area (Å²) in [7, 11) is -4.33. The minimum Gasteiger partial charge on any atom is -0.469 e. The van der Waals surface area contributed by atoms with Crippen LogP contribution >= 0.6 is 0 Å². The van der Waals surface area contributed by atoms with Gasteiger partial charge in [-0.2, -0.15) is 0 Å². The summed E-state index contributed by atoms with van der Waals surface area (Å²) in [5.41, 5.74) is 1.23. The van der Waals surface area contributed by atoms with Gasteiger partial charge in [-0.05, 0) is 48.1 Å². The smallest absolute Gasteiger partial charge is 0.306 e. The van der Waals surface area contributed by atoms with Gasteiger partial charge in [0.25, 0.3) is 0 Å². The lowest BCUT2D eigenvalue weighted by Crippen LogP contribution is -2.59. The second kappa shape index (κ2) is 12.0. The van der Waals surface area contributed by atoms with E-state index in [4.69, 9.17) is 9.16 Å². The molecular weight excluding hydrogens is 454 g/mol. The molecule has 1 aromatic carbocycles. The fourth-order valence-electron chi connectivity index (χ4n) is 5.67. The lowest BCUT2D eigenvalue weighted by atomic mass is 10.00. The maximum Gasteiger partial charge on any atom is 0.306 e. The molecule has 0 unspecified atom stereocenters. The third-order valence-electron chi connectivity index (χ3n) is 7.22. The van der Waals surface area contributed by atoms with E-state index >= 15 is 0 Å². The number of benzene rings is 1. The van der Waals surface area contributed by atoms with Crippen molar-refractivity contribution in [2.75, 3.05) is 26.0 Å². The third-order valence-corrected chi connectivity index (χ3v) is 15.1. The molecular formula is C25H43NO5SSi. The maximum atomic E-state index is 13.4. The van der Waals surface area contributed by atoms with Crippen LogP contribution in [0.2, 0.25) is 16.6 Å². The number of methoxy groups -OCH3 is 1. The van der Waals surface area contributed by atoms with Gasteiger partial charge in [-0.3, -0.25) is 9.69 Å². The molecule has 6 nitrogen and oxygen atoms in total. The lowest BCUT2D eigenvalue weighted by Gasteiger charge is -2.49. The summed E-state index contributed by atoms with van der Waals surface area (Å²) in [6.45, 7) is 14.7. The van der Waals surface area contributed by atoms with E-state index in [2.05, 4.69) is 46.4 Å². The molecule has 1 aliphatic heterocycles. The number of hydrogen-bond donors (Lipinski definition) is 0. The number of carbonyl (C=O) groups is 1. The van der Waals surface area contributed by atoms with Gasteiger partial charge in [0.1, 0.15) is 0 Å². The number of esters is 1. The Morgan fingerprint density at radius 2 is 1.64 bits per heavy atom. The summed E-state index contributed by atoms with van der Waals surface area (Å²) >= 11 is 0. The molecule has 0 spiro atoms. The zero-order chi connectivity index (χ0) is 24.8. The predicted molar refractivity (Wildman–Crippen MR) is 136 cm³/mol. The molecule has 0 saturated carbocycles. The van der Waals surface area contributed by atoms with E-state index in [1.807, 2.05) is 6.07 Å². The van der Waals surface area contributed by atoms with Gasteiger partial charge in [-0.25, -0.2) is 8.42 Å². The van der Waals surface area contributed by atoms with E-state index in [9.17, 15) is 13.2 Å². The number of rotatable bonds is 11. The molecule has 0 radical (unpaired) electrons. The van der Waals surface area contributed by atoms with Crippen LogP contribution in [0.1, 0.15) is 60.8 Å². The first kappa shape index (κ1) is 28.0. The van der Waals surface area contributed by atoms with E-state index in [0.717, 1.165) is 19.4 Å².